The van der Waals surface area contributed by atoms with E-state index in [0.29, 0.717) is 30.0 Å². The average molecular weight is 465 g/mol. The highest BCUT2D eigenvalue weighted by Crippen LogP contribution is 2.23. The van der Waals surface area contributed by atoms with Crippen LogP contribution in [0.3, 0.4) is 0 Å². The molecule has 2 N–H and O–H groups in total. The molecule has 0 spiro atoms. The van der Waals surface area contributed by atoms with Gasteiger partial charge in [-0.2, -0.15) is 0 Å². The monoisotopic (exact) mass is 464 g/mol. The van der Waals surface area contributed by atoms with E-state index in [-0.39, 0.29) is 11.8 Å². The second-order valence-electron chi connectivity index (χ2n) is 8.25. The molecule has 0 radical (unpaired) electrons. The number of carbonyl (C=O) groups excluding carboxylic acids is 2. The molecule has 5 heteroatoms. The number of benzene rings is 4. The molecule has 0 aliphatic rings. The molecule has 2 amide bonds. The highest BCUT2D eigenvalue weighted by atomic mass is 16.5. The maximum absolute atomic E-state index is 12.6. The van der Waals surface area contributed by atoms with Crippen molar-refractivity contribution in [2.75, 3.05) is 10.6 Å². The summed E-state index contributed by atoms with van der Waals surface area (Å²) in [6, 6.07) is 34.7. The van der Waals surface area contributed by atoms with Gasteiger partial charge < -0.3 is 15.4 Å². The molecule has 4 aromatic rings. The summed E-state index contributed by atoms with van der Waals surface area (Å²) >= 11 is 0. The van der Waals surface area contributed by atoms with Gasteiger partial charge in [-0.15, -0.1) is 0 Å². The first-order valence-electron chi connectivity index (χ1n) is 11.6. The third kappa shape index (κ3) is 7.05. The molecule has 1 atom stereocenters. The predicted molar refractivity (Wildman–Crippen MR) is 140 cm³/mol. The zero-order valence-corrected chi connectivity index (χ0v) is 19.6. The van der Waals surface area contributed by atoms with Gasteiger partial charge in [-0.25, -0.2) is 0 Å². The lowest BCUT2D eigenvalue weighted by molar-refractivity contribution is -0.122. The maximum Gasteiger partial charge on any atom is 0.265 e. The Morgan fingerprint density at radius 3 is 1.86 bits per heavy atom. The highest BCUT2D eigenvalue weighted by molar-refractivity contribution is 5.95. The van der Waals surface area contributed by atoms with E-state index in [0.717, 1.165) is 16.7 Å². The summed E-state index contributed by atoms with van der Waals surface area (Å²) in [6.45, 7) is 1.71. The van der Waals surface area contributed by atoms with Gasteiger partial charge in [-0.1, -0.05) is 72.8 Å². The minimum Gasteiger partial charge on any atom is -0.481 e. The van der Waals surface area contributed by atoms with Crippen LogP contribution in [0.15, 0.2) is 109 Å². The number of carbonyl (C=O) groups is 2. The summed E-state index contributed by atoms with van der Waals surface area (Å²) in [6.07, 6.45) is 0.423. The summed E-state index contributed by atoms with van der Waals surface area (Å²) in [5.41, 5.74) is 4.66. The van der Waals surface area contributed by atoms with Gasteiger partial charge in [0.05, 0.1) is 0 Å². The summed E-state index contributed by atoms with van der Waals surface area (Å²) in [4.78, 5) is 24.8. The molecule has 0 aliphatic carbocycles. The van der Waals surface area contributed by atoms with Crippen LogP contribution in [0.1, 0.15) is 18.9 Å². The molecule has 0 fully saturated rings. The molecule has 4 rings (SSSR count). The quantitative estimate of drug-likeness (QED) is 0.304. The summed E-state index contributed by atoms with van der Waals surface area (Å²) in [7, 11) is 0. The van der Waals surface area contributed by atoms with Gasteiger partial charge in [-0.05, 0) is 66.4 Å². The third-order valence-corrected chi connectivity index (χ3v) is 5.56. The topological polar surface area (TPSA) is 67.4 Å². The first kappa shape index (κ1) is 23.8. The lowest BCUT2D eigenvalue weighted by atomic mass is 10.1. The Morgan fingerprint density at radius 1 is 0.686 bits per heavy atom. The lowest BCUT2D eigenvalue weighted by Crippen LogP contribution is -2.30. The molecule has 5 nitrogen and oxygen atoms in total. The van der Waals surface area contributed by atoms with Crippen molar-refractivity contribution in [1.82, 2.24) is 0 Å². The van der Waals surface area contributed by atoms with Gasteiger partial charge >= 0.3 is 0 Å². The fourth-order valence-electron chi connectivity index (χ4n) is 3.62. The van der Waals surface area contributed by atoms with Crippen LogP contribution < -0.4 is 15.4 Å². The molecule has 0 saturated carbocycles. The molecule has 0 heterocycles. The van der Waals surface area contributed by atoms with Gasteiger partial charge in [0.25, 0.3) is 5.91 Å². The molecular weight excluding hydrogens is 436 g/mol. The number of ether oxygens (including phenoxy) is 1. The van der Waals surface area contributed by atoms with E-state index >= 15 is 0 Å². The van der Waals surface area contributed by atoms with E-state index in [1.54, 1.807) is 31.2 Å². The second-order valence-corrected chi connectivity index (χ2v) is 8.25. The maximum atomic E-state index is 12.6. The van der Waals surface area contributed by atoms with Crippen molar-refractivity contribution < 1.29 is 14.3 Å². The Balaban J connectivity index is 1.25. The molecule has 0 aromatic heterocycles. The van der Waals surface area contributed by atoms with Crippen LogP contribution in [0.5, 0.6) is 5.75 Å². The fourth-order valence-corrected chi connectivity index (χ4v) is 3.62. The number of nitrogens with one attached hydrogen (secondary N) is 2. The number of aryl methyl sites for hydroxylation is 1. The Hall–Kier alpha value is -4.38. The minimum absolute atomic E-state index is 0.0501. The average Bonchev–Trinajstić information content (AvgIpc) is 2.90. The van der Waals surface area contributed by atoms with Crippen LogP contribution in [-0.4, -0.2) is 17.9 Å². The smallest absolute Gasteiger partial charge is 0.265 e. The number of anilines is 2. The standard InChI is InChI=1S/C30H28N2O3/c1-22(35-28-19-13-25(14-20-28)24-10-6-3-7-11-24)30(34)32-27-17-15-26(16-18-27)31-29(33)21-12-23-8-4-2-5-9-23/h2-11,13-20,22H,12,21H2,1H3,(H,31,33)(H,32,34). The molecule has 4 aromatic carbocycles. The van der Waals surface area contributed by atoms with Crippen molar-refractivity contribution in [2.45, 2.75) is 25.9 Å². The van der Waals surface area contributed by atoms with Crippen LogP contribution >= 0.6 is 0 Å². The number of hydrogen-bond donors (Lipinski definition) is 2. The zero-order chi connectivity index (χ0) is 24.5. The minimum atomic E-state index is -0.671. The Morgan fingerprint density at radius 2 is 1.23 bits per heavy atom. The Bertz CT molecular complexity index is 1240. The van der Waals surface area contributed by atoms with Crippen LogP contribution in [0.25, 0.3) is 11.1 Å². The van der Waals surface area contributed by atoms with Crippen molar-refractivity contribution in [3.63, 3.8) is 0 Å². The number of hydrogen-bond acceptors (Lipinski definition) is 3. The summed E-state index contributed by atoms with van der Waals surface area (Å²) < 4.78 is 5.81. The Labute approximate surface area is 205 Å². The third-order valence-electron chi connectivity index (χ3n) is 5.56. The lowest BCUT2D eigenvalue weighted by Gasteiger charge is -2.15. The van der Waals surface area contributed by atoms with Crippen molar-refractivity contribution in [2.24, 2.45) is 0 Å². The summed E-state index contributed by atoms with van der Waals surface area (Å²) in [5, 5.41) is 5.74. The van der Waals surface area contributed by atoms with Crippen molar-refractivity contribution in [3.8, 4) is 16.9 Å². The summed E-state index contributed by atoms with van der Waals surface area (Å²) in [5.74, 6) is 0.323. The van der Waals surface area contributed by atoms with Gasteiger partial charge in [0.15, 0.2) is 6.10 Å². The molecular formula is C30H28N2O3. The molecule has 0 bridgehead atoms. The van der Waals surface area contributed by atoms with Gasteiger partial charge in [0.1, 0.15) is 5.75 Å². The Kier molecular flexibility index (Phi) is 7.92. The fraction of sp³-hybridized carbons (Fsp3) is 0.133. The van der Waals surface area contributed by atoms with E-state index < -0.39 is 6.10 Å². The van der Waals surface area contributed by atoms with Gasteiger partial charge in [-0.3, -0.25) is 9.59 Å². The second kappa shape index (κ2) is 11.7. The first-order valence-corrected chi connectivity index (χ1v) is 11.6. The molecule has 0 saturated heterocycles. The van der Waals surface area contributed by atoms with E-state index in [4.69, 9.17) is 4.74 Å². The van der Waals surface area contributed by atoms with Gasteiger partial charge in [0.2, 0.25) is 5.91 Å². The van der Waals surface area contributed by atoms with Crippen molar-refractivity contribution >= 4 is 23.2 Å². The molecule has 1 unspecified atom stereocenters. The largest absolute Gasteiger partial charge is 0.481 e. The zero-order valence-electron chi connectivity index (χ0n) is 19.6. The van der Waals surface area contributed by atoms with E-state index in [9.17, 15) is 9.59 Å². The van der Waals surface area contributed by atoms with Crippen molar-refractivity contribution in [1.29, 1.82) is 0 Å². The first-order chi connectivity index (χ1) is 17.1. The van der Waals surface area contributed by atoms with Crippen LogP contribution in [0, 0.1) is 0 Å². The normalized spacial score (nSPS) is 11.3. The van der Waals surface area contributed by atoms with Crippen LogP contribution in [0.2, 0.25) is 0 Å². The molecule has 176 valence electrons. The predicted octanol–water partition coefficient (Wildman–Crippen LogP) is 6.33. The SMILES string of the molecule is CC(Oc1ccc(-c2ccccc2)cc1)C(=O)Nc1ccc(NC(=O)CCc2ccccc2)cc1. The van der Waals surface area contributed by atoms with E-state index in [2.05, 4.69) is 10.6 Å². The van der Waals surface area contributed by atoms with Gasteiger partial charge in [0, 0.05) is 17.8 Å². The van der Waals surface area contributed by atoms with Crippen LogP contribution in [0.4, 0.5) is 11.4 Å². The highest BCUT2D eigenvalue weighted by Gasteiger charge is 2.15. The molecule has 35 heavy (non-hydrogen) atoms. The van der Waals surface area contributed by atoms with E-state index in [1.807, 2.05) is 84.9 Å². The van der Waals surface area contributed by atoms with Crippen molar-refractivity contribution in [3.05, 3.63) is 115 Å². The molecule has 0 aliphatic heterocycles. The van der Waals surface area contributed by atoms with E-state index in [1.165, 1.54) is 0 Å². The number of amides is 2. The number of rotatable bonds is 9. The van der Waals surface area contributed by atoms with Crippen LogP contribution in [-0.2, 0) is 16.0 Å².